The Kier molecular flexibility index (Phi) is 22.4. The van der Waals surface area contributed by atoms with Crippen LogP contribution in [0.2, 0.25) is 0 Å². The Bertz CT molecular complexity index is 324. The van der Waals surface area contributed by atoms with Crippen LogP contribution in [-0.2, 0) is 4.74 Å². The smallest absolute Gasteiger partial charge is 0.183 e. The van der Waals surface area contributed by atoms with Crippen molar-refractivity contribution in [1.82, 2.24) is 0 Å². The van der Waals surface area contributed by atoms with E-state index in [4.69, 9.17) is 9.84 Å². The third-order valence-corrected chi connectivity index (χ3v) is 1.75. The Hall–Kier alpha value is -1.56. The normalized spacial score (nSPS) is 7.00. The fraction of sp³-hybridized carbons (Fsp3) is 0.143. The van der Waals surface area contributed by atoms with Crippen LogP contribution in [-0.4, -0.2) is 27.3 Å². The summed E-state index contributed by atoms with van der Waals surface area (Å²) >= 11 is 8.75. The van der Waals surface area contributed by atoms with Gasteiger partial charge in [0.15, 0.2) is 10.1 Å². The van der Waals surface area contributed by atoms with Gasteiger partial charge < -0.3 is 15.3 Å². The van der Waals surface area contributed by atoms with E-state index in [9.17, 15) is 0 Å². The van der Waals surface area contributed by atoms with Gasteiger partial charge in [0.05, 0.1) is 6.61 Å². The topological polar surface area (TPSA) is 61.0 Å². The lowest BCUT2D eigenvalue weighted by Crippen LogP contribution is -1.94. The van der Waals surface area contributed by atoms with Crippen molar-refractivity contribution in [3.63, 3.8) is 0 Å². The van der Waals surface area contributed by atoms with Crippen molar-refractivity contribution in [2.45, 2.75) is 6.92 Å². The monoisotopic (exact) mass is 300 g/mol. The first kappa shape index (κ1) is 22.6. The van der Waals surface area contributed by atoms with Crippen LogP contribution in [0.5, 0.6) is 0 Å². The Morgan fingerprint density at radius 2 is 1.37 bits per heavy atom. The molecule has 1 aromatic carbocycles. The molecule has 5 heteroatoms. The van der Waals surface area contributed by atoms with Gasteiger partial charge in [0, 0.05) is 0 Å². The molecule has 0 aliphatic rings. The predicted octanol–water partition coefficient (Wildman–Crippen LogP) is 3.46. The van der Waals surface area contributed by atoms with Gasteiger partial charge in [-0.2, -0.15) is 0 Å². The molecule has 19 heavy (non-hydrogen) atoms. The lowest BCUT2D eigenvalue weighted by Gasteiger charge is -1.94. The molecule has 0 bridgehead atoms. The number of benzene rings is 1. The first-order valence-electron chi connectivity index (χ1n) is 5.23. The van der Waals surface area contributed by atoms with E-state index in [-0.39, 0.29) is 10.5 Å². The Balaban J connectivity index is -0.000000200. The minimum absolute atomic E-state index is 0. The molecule has 0 radical (unpaired) electrons. The molecule has 0 aliphatic carbocycles. The quantitative estimate of drug-likeness (QED) is 0.686. The number of rotatable bonds is 3. The summed E-state index contributed by atoms with van der Waals surface area (Å²) in [6.07, 6.45) is 2.72. The lowest BCUT2D eigenvalue weighted by molar-refractivity contribution is 0.339. The molecular weight excluding hydrogens is 280 g/mol. The van der Waals surface area contributed by atoms with E-state index >= 15 is 0 Å². The van der Waals surface area contributed by atoms with E-state index in [1.165, 1.54) is 12.2 Å². The SMILES string of the molecule is C=CC(=S)OCC.C=CC(O)=S.O.c1ccccc1. The second-order valence-corrected chi connectivity index (χ2v) is 3.47. The van der Waals surface area contributed by atoms with Crippen molar-refractivity contribution in [3.8, 4) is 0 Å². The molecule has 0 saturated heterocycles. The average molecular weight is 300 g/mol. The van der Waals surface area contributed by atoms with Gasteiger partial charge in [0.2, 0.25) is 0 Å². The van der Waals surface area contributed by atoms with Gasteiger partial charge in [-0.1, -0.05) is 49.6 Å². The maximum atomic E-state index is 7.97. The second kappa shape index (κ2) is 18.8. The number of hydrogen-bond donors (Lipinski definition) is 1. The highest BCUT2D eigenvalue weighted by Gasteiger charge is 1.80. The van der Waals surface area contributed by atoms with E-state index in [1.807, 2.05) is 43.3 Å². The van der Waals surface area contributed by atoms with Gasteiger partial charge in [-0.3, -0.25) is 0 Å². The third-order valence-electron chi connectivity index (χ3n) is 1.29. The standard InChI is InChI=1S/C6H6.C5H8OS.C3H4OS.H2O/c1-2-4-6-5-3-1;1-3-5(7)6-4-2;1-2-3(4)5;/h1-6H;3H,1,4H2,2H3;2H,1H2,(H,4,5);1H2. The van der Waals surface area contributed by atoms with Gasteiger partial charge in [0.25, 0.3) is 0 Å². The highest BCUT2D eigenvalue weighted by atomic mass is 32.1. The van der Waals surface area contributed by atoms with Crippen LogP contribution >= 0.6 is 24.4 Å². The molecule has 0 saturated carbocycles. The largest absolute Gasteiger partial charge is 0.499 e. The summed E-state index contributed by atoms with van der Waals surface area (Å²) in [5, 5.41) is 8.30. The van der Waals surface area contributed by atoms with E-state index in [2.05, 4.69) is 37.6 Å². The fourth-order valence-corrected chi connectivity index (χ4v) is 0.704. The van der Waals surface area contributed by atoms with Gasteiger partial charge in [-0.15, -0.1) is 0 Å². The minimum atomic E-state index is -0.148. The molecule has 3 nitrogen and oxygen atoms in total. The molecule has 0 unspecified atom stereocenters. The number of hydrogen-bond acceptors (Lipinski definition) is 3. The molecule has 0 aliphatic heterocycles. The fourth-order valence-electron chi connectivity index (χ4n) is 0.586. The highest BCUT2D eigenvalue weighted by Crippen LogP contribution is 1.80. The summed E-state index contributed by atoms with van der Waals surface area (Å²) in [6.45, 7) is 9.10. The molecule has 0 amide bonds. The van der Waals surface area contributed by atoms with Gasteiger partial charge in [-0.05, 0) is 43.5 Å². The summed E-state index contributed by atoms with van der Waals surface area (Å²) in [7, 11) is 0. The van der Waals surface area contributed by atoms with E-state index in [0.29, 0.717) is 11.7 Å². The maximum Gasteiger partial charge on any atom is 0.183 e. The predicted molar refractivity (Wildman–Crippen MR) is 89.9 cm³/mol. The maximum absolute atomic E-state index is 7.97. The molecule has 0 spiro atoms. The van der Waals surface area contributed by atoms with Crippen LogP contribution in [0.1, 0.15) is 6.92 Å². The first-order chi connectivity index (χ1) is 8.58. The van der Waals surface area contributed by atoms with E-state index < -0.39 is 0 Å². The van der Waals surface area contributed by atoms with Crippen molar-refractivity contribution < 1.29 is 15.3 Å². The molecule has 0 aromatic heterocycles. The van der Waals surface area contributed by atoms with Gasteiger partial charge in [0.1, 0.15) is 0 Å². The van der Waals surface area contributed by atoms with Crippen molar-refractivity contribution in [2.75, 3.05) is 6.61 Å². The van der Waals surface area contributed by atoms with Crippen LogP contribution < -0.4 is 0 Å². The van der Waals surface area contributed by atoms with E-state index in [0.717, 1.165) is 0 Å². The number of aliphatic hydroxyl groups is 1. The second-order valence-electron chi connectivity index (χ2n) is 2.65. The zero-order chi connectivity index (χ0) is 14.2. The molecule has 0 atom stereocenters. The highest BCUT2D eigenvalue weighted by molar-refractivity contribution is 7.80. The molecule has 1 aromatic rings. The van der Waals surface area contributed by atoms with Gasteiger partial charge >= 0.3 is 0 Å². The van der Waals surface area contributed by atoms with Crippen molar-refractivity contribution in [1.29, 1.82) is 0 Å². The molecule has 1 rings (SSSR count). The average Bonchev–Trinajstić information content (AvgIpc) is 2.42. The van der Waals surface area contributed by atoms with Crippen molar-refractivity contribution >= 4 is 34.5 Å². The van der Waals surface area contributed by atoms with Crippen LogP contribution in [0.25, 0.3) is 0 Å². The van der Waals surface area contributed by atoms with E-state index in [1.54, 1.807) is 0 Å². The summed E-state index contributed by atoms with van der Waals surface area (Å²) in [6, 6.07) is 12.0. The lowest BCUT2D eigenvalue weighted by atomic mass is 10.4. The molecule has 0 fully saturated rings. The first-order valence-corrected chi connectivity index (χ1v) is 6.04. The van der Waals surface area contributed by atoms with Gasteiger partial charge in [-0.25, -0.2) is 0 Å². The summed E-state index contributed by atoms with van der Waals surface area (Å²) in [5.41, 5.74) is 0. The van der Waals surface area contributed by atoms with Crippen molar-refractivity contribution in [3.05, 3.63) is 61.7 Å². The Morgan fingerprint density at radius 3 is 1.47 bits per heavy atom. The minimum Gasteiger partial charge on any atom is -0.499 e. The summed E-state index contributed by atoms with van der Waals surface area (Å²) < 4.78 is 4.80. The number of ether oxygens (including phenoxy) is 1. The van der Waals surface area contributed by atoms with Crippen LogP contribution in [0, 0.1) is 0 Å². The zero-order valence-corrected chi connectivity index (χ0v) is 12.5. The van der Waals surface area contributed by atoms with Crippen LogP contribution in [0.3, 0.4) is 0 Å². The Labute approximate surface area is 125 Å². The molecule has 106 valence electrons. The molecule has 3 N–H and O–H groups in total. The number of aliphatic hydroxyl groups excluding tert-OH is 1. The summed E-state index contributed by atoms with van der Waals surface area (Å²) in [5.74, 6) is 0. The summed E-state index contributed by atoms with van der Waals surface area (Å²) in [4.78, 5) is 0. The van der Waals surface area contributed by atoms with Crippen LogP contribution in [0.4, 0.5) is 0 Å². The third kappa shape index (κ3) is 26.2. The molecular formula is C14H20O3S2. The number of thiocarbonyl (C=S) groups is 2. The van der Waals surface area contributed by atoms with Crippen LogP contribution in [0.15, 0.2) is 61.7 Å². The molecule has 0 heterocycles. The Morgan fingerprint density at radius 1 is 1.05 bits per heavy atom. The van der Waals surface area contributed by atoms with Crippen molar-refractivity contribution in [2.24, 2.45) is 0 Å². The zero-order valence-electron chi connectivity index (χ0n) is 10.9.